The molecule has 0 atom stereocenters. The number of rotatable bonds is 6. The van der Waals surface area contributed by atoms with Crippen LogP contribution in [0.1, 0.15) is 35.8 Å². The molecule has 150 valence electrons. The van der Waals surface area contributed by atoms with Crippen LogP contribution in [0.25, 0.3) is 0 Å². The van der Waals surface area contributed by atoms with E-state index in [1.807, 2.05) is 24.3 Å². The van der Waals surface area contributed by atoms with Crippen molar-refractivity contribution in [2.45, 2.75) is 44.1 Å². The summed E-state index contributed by atoms with van der Waals surface area (Å²) in [5.74, 6) is 2.04. The summed E-state index contributed by atoms with van der Waals surface area (Å²) in [7, 11) is 0. The monoisotopic (exact) mass is 400 g/mol. The lowest BCUT2D eigenvalue weighted by Crippen LogP contribution is -2.47. The Kier molecular flexibility index (Phi) is 5.26. The molecule has 2 aromatic heterocycles. The van der Waals surface area contributed by atoms with E-state index in [0.717, 1.165) is 68.5 Å². The SMILES string of the molecule is O=c1cc2c(nn1CCN1CCN(Cc3cncn3C3CC3)CC1)CCSC2. The van der Waals surface area contributed by atoms with E-state index in [1.165, 1.54) is 18.5 Å². The molecule has 0 N–H and O–H groups in total. The largest absolute Gasteiger partial charge is 0.330 e. The Balaban J connectivity index is 1.13. The molecule has 3 aliphatic rings. The predicted octanol–water partition coefficient (Wildman–Crippen LogP) is 1.38. The summed E-state index contributed by atoms with van der Waals surface area (Å²) in [5.41, 5.74) is 3.65. The fraction of sp³-hybridized carbons (Fsp3) is 0.650. The molecule has 1 saturated carbocycles. The van der Waals surface area contributed by atoms with E-state index < -0.39 is 0 Å². The first kappa shape index (κ1) is 18.4. The summed E-state index contributed by atoms with van der Waals surface area (Å²) >= 11 is 1.89. The van der Waals surface area contributed by atoms with Crippen LogP contribution in [0, 0.1) is 0 Å². The van der Waals surface area contributed by atoms with Crippen LogP contribution in [-0.2, 0) is 25.3 Å². The molecule has 2 fully saturated rings. The van der Waals surface area contributed by atoms with Gasteiger partial charge >= 0.3 is 0 Å². The van der Waals surface area contributed by atoms with Crippen molar-refractivity contribution in [2.75, 3.05) is 38.5 Å². The Hall–Kier alpha value is -1.64. The minimum absolute atomic E-state index is 0.0493. The molecule has 4 heterocycles. The molecule has 5 rings (SSSR count). The molecule has 0 radical (unpaired) electrons. The van der Waals surface area contributed by atoms with E-state index in [1.54, 1.807) is 10.7 Å². The Morgan fingerprint density at radius 2 is 1.93 bits per heavy atom. The lowest BCUT2D eigenvalue weighted by molar-refractivity contribution is 0.120. The second-order valence-corrected chi connectivity index (χ2v) is 9.23. The molecule has 0 spiro atoms. The molecule has 2 aliphatic heterocycles. The lowest BCUT2D eigenvalue weighted by Gasteiger charge is -2.34. The van der Waals surface area contributed by atoms with Crippen molar-refractivity contribution in [1.82, 2.24) is 29.1 Å². The second-order valence-electron chi connectivity index (χ2n) is 8.12. The molecular formula is C20H28N6OS. The van der Waals surface area contributed by atoms with Crippen LogP contribution in [0.3, 0.4) is 0 Å². The van der Waals surface area contributed by atoms with Gasteiger partial charge in [-0.2, -0.15) is 16.9 Å². The summed E-state index contributed by atoms with van der Waals surface area (Å²) < 4.78 is 4.04. The standard InChI is InChI=1S/C20H28N6OS/c27-20-11-16-14-28-10-3-19(16)22-26(20)9-8-23-4-6-24(7-5-23)13-18-12-21-15-25(18)17-1-2-17/h11-12,15,17H,1-10,13-14H2. The van der Waals surface area contributed by atoms with Crippen molar-refractivity contribution in [2.24, 2.45) is 0 Å². The van der Waals surface area contributed by atoms with Crippen molar-refractivity contribution in [3.05, 3.63) is 45.9 Å². The summed E-state index contributed by atoms with van der Waals surface area (Å²) in [6.45, 7) is 6.82. The fourth-order valence-electron chi connectivity index (χ4n) is 4.19. The Morgan fingerprint density at radius 1 is 1.11 bits per heavy atom. The van der Waals surface area contributed by atoms with Gasteiger partial charge in [0.05, 0.1) is 24.3 Å². The van der Waals surface area contributed by atoms with Crippen LogP contribution in [0.4, 0.5) is 0 Å². The highest BCUT2D eigenvalue weighted by Crippen LogP contribution is 2.35. The first-order chi connectivity index (χ1) is 13.8. The number of thioether (sulfide) groups is 1. The number of hydrogen-bond acceptors (Lipinski definition) is 6. The van der Waals surface area contributed by atoms with Crippen molar-refractivity contribution in [1.29, 1.82) is 0 Å². The number of aromatic nitrogens is 4. The lowest BCUT2D eigenvalue weighted by atomic mass is 10.2. The summed E-state index contributed by atoms with van der Waals surface area (Å²) in [6, 6.07) is 2.50. The number of aryl methyl sites for hydroxylation is 1. The van der Waals surface area contributed by atoms with Crippen molar-refractivity contribution in [3.63, 3.8) is 0 Å². The highest BCUT2D eigenvalue weighted by molar-refractivity contribution is 7.98. The van der Waals surface area contributed by atoms with Gasteiger partial charge in [-0.1, -0.05) is 0 Å². The second kappa shape index (κ2) is 8.00. The summed E-state index contributed by atoms with van der Waals surface area (Å²) in [6.07, 6.45) is 7.59. The third-order valence-corrected chi connectivity index (χ3v) is 7.08. The number of fused-ring (bicyclic) bond motifs is 1. The molecule has 28 heavy (non-hydrogen) atoms. The van der Waals surface area contributed by atoms with Gasteiger partial charge in [0.2, 0.25) is 0 Å². The summed E-state index contributed by atoms with van der Waals surface area (Å²) in [5, 5.41) is 4.64. The molecule has 0 aromatic carbocycles. The van der Waals surface area contributed by atoms with Crippen LogP contribution in [0.5, 0.6) is 0 Å². The van der Waals surface area contributed by atoms with Gasteiger partial charge in [0.25, 0.3) is 5.56 Å². The third kappa shape index (κ3) is 4.04. The predicted molar refractivity (Wildman–Crippen MR) is 111 cm³/mol. The smallest absolute Gasteiger partial charge is 0.267 e. The van der Waals surface area contributed by atoms with Crippen LogP contribution in [0.2, 0.25) is 0 Å². The average molecular weight is 401 g/mol. The van der Waals surface area contributed by atoms with Crippen LogP contribution >= 0.6 is 11.8 Å². The Bertz CT molecular complexity index is 881. The van der Waals surface area contributed by atoms with E-state index in [9.17, 15) is 4.79 Å². The van der Waals surface area contributed by atoms with Crippen LogP contribution < -0.4 is 5.56 Å². The van der Waals surface area contributed by atoms with Gasteiger partial charge in [0, 0.05) is 69.7 Å². The van der Waals surface area contributed by atoms with Gasteiger partial charge in [-0.3, -0.25) is 14.6 Å². The van der Waals surface area contributed by atoms with E-state index in [-0.39, 0.29) is 5.56 Å². The zero-order valence-corrected chi connectivity index (χ0v) is 17.1. The maximum Gasteiger partial charge on any atom is 0.267 e. The summed E-state index contributed by atoms with van der Waals surface area (Å²) in [4.78, 5) is 21.7. The van der Waals surface area contributed by atoms with Crippen LogP contribution in [0.15, 0.2) is 23.4 Å². The number of piperazine rings is 1. The van der Waals surface area contributed by atoms with Crippen molar-refractivity contribution < 1.29 is 0 Å². The molecule has 2 aromatic rings. The maximum atomic E-state index is 12.3. The molecule has 1 aliphatic carbocycles. The van der Waals surface area contributed by atoms with Crippen molar-refractivity contribution in [3.8, 4) is 0 Å². The van der Waals surface area contributed by atoms with Gasteiger partial charge in [-0.25, -0.2) is 9.67 Å². The zero-order chi connectivity index (χ0) is 18.9. The minimum Gasteiger partial charge on any atom is -0.330 e. The first-order valence-corrected chi connectivity index (χ1v) is 11.5. The first-order valence-electron chi connectivity index (χ1n) is 10.4. The maximum absolute atomic E-state index is 12.3. The normalized spacial score (nSPS) is 21.0. The fourth-order valence-corrected chi connectivity index (χ4v) is 5.14. The molecule has 0 bridgehead atoms. The molecule has 0 amide bonds. The number of imidazole rings is 1. The highest BCUT2D eigenvalue weighted by atomic mass is 32.2. The zero-order valence-electron chi connectivity index (χ0n) is 16.3. The van der Waals surface area contributed by atoms with E-state index in [0.29, 0.717) is 12.6 Å². The molecular weight excluding hydrogens is 372 g/mol. The van der Waals surface area contributed by atoms with E-state index in [4.69, 9.17) is 0 Å². The van der Waals surface area contributed by atoms with E-state index in [2.05, 4.69) is 24.4 Å². The van der Waals surface area contributed by atoms with Gasteiger partial charge < -0.3 is 4.57 Å². The third-order valence-electron chi connectivity index (χ3n) is 6.07. The highest BCUT2D eigenvalue weighted by Gasteiger charge is 2.26. The van der Waals surface area contributed by atoms with Gasteiger partial charge in [-0.05, 0) is 24.2 Å². The topological polar surface area (TPSA) is 59.2 Å². The molecule has 1 saturated heterocycles. The quantitative estimate of drug-likeness (QED) is 0.730. The molecule has 7 nitrogen and oxygen atoms in total. The number of hydrogen-bond donors (Lipinski definition) is 0. The van der Waals surface area contributed by atoms with Gasteiger partial charge in [0.15, 0.2) is 0 Å². The molecule has 0 unspecified atom stereocenters. The van der Waals surface area contributed by atoms with Gasteiger partial charge in [0.1, 0.15) is 0 Å². The Morgan fingerprint density at radius 3 is 2.75 bits per heavy atom. The van der Waals surface area contributed by atoms with Crippen LogP contribution in [-0.4, -0.2) is 67.6 Å². The van der Waals surface area contributed by atoms with Crippen molar-refractivity contribution >= 4 is 11.8 Å². The average Bonchev–Trinajstić information content (AvgIpc) is 3.46. The minimum atomic E-state index is 0.0493. The molecule has 8 heteroatoms. The number of nitrogens with zero attached hydrogens (tertiary/aromatic N) is 6. The van der Waals surface area contributed by atoms with E-state index >= 15 is 0 Å². The Labute approximate surface area is 169 Å². The van der Waals surface area contributed by atoms with Gasteiger partial charge in [-0.15, -0.1) is 0 Å².